The molecule has 5 nitrogen and oxygen atoms in total. The van der Waals surface area contributed by atoms with E-state index < -0.39 is 0 Å². The molecule has 0 atom stereocenters. The van der Waals surface area contributed by atoms with E-state index >= 15 is 0 Å². The predicted molar refractivity (Wildman–Crippen MR) is 111 cm³/mol. The lowest BCUT2D eigenvalue weighted by Crippen LogP contribution is -2.15. The summed E-state index contributed by atoms with van der Waals surface area (Å²) in [6.45, 7) is 3.78. The van der Waals surface area contributed by atoms with Crippen LogP contribution in [-0.4, -0.2) is 25.7 Å². The summed E-state index contributed by atoms with van der Waals surface area (Å²) in [6, 6.07) is 17.1. The summed E-state index contributed by atoms with van der Waals surface area (Å²) in [5.74, 6) is 2.03. The third-order valence-corrected chi connectivity index (χ3v) is 5.39. The average molecular weight is 395 g/mol. The zero-order valence-corrected chi connectivity index (χ0v) is 16.4. The monoisotopic (exact) mass is 395 g/mol. The van der Waals surface area contributed by atoms with Crippen LogP contribution in [0.4, 0.5) is 5.69 Å². The fourth-order valence-electron chi connectivity index (χ4n) is 2.90. The molecule has 0 saturated heterocycles. The van der Waals surface area contributed by atoms with Crippen molar-refractivity contribution in [1.29, 1.82) is 0 Å². The van der Waals surface area contributed by atoms with Gasteiger partial charge in [0.1, 0.15) is 19.0 Å². The van der Waals surface area contributed by atoms with E-state index in [9.17, 15) is 4.79 Å². The summed E-state index contributed by atoms with van der Waals surface area (Å²) in [7, 11) is 0. The smallest absolute Gasteiger partial charge is 0.265 e. The van der Waals surface area contributed by atoms with Crippen LogP contribution in [0.2, 0.25) is 0 Å². The van der Waals surface area contributed by atoms with Crippen LogP contribution in [0.5, 0.6) is 17.2 Å². The molecule has 28 heavy (non-hydrogen) atoms. The van der Waals surface area contributed by atoms with E-state index in [0.29, 0.717) is 36.1 Å². The molecule has 1 aromatic heterocycles. The molecule has 0 saturated carbocycles. The van der Waals surface area contributed by atoms with Gasteiger partial charge in [-0.15, -0.1) is 11.3 Å². The van der Waals surface area contributed by atoms with Crippen LogP contribution >= 0.6 is 11.3 Å². The Balaban J connectivity index is 1.51. The molecule has 2 heterocycles. The summed E-state index contributed by atoms with van der Waals surface area (Å²) < 4.78 is 16.9. The normalized spacial score (nSPS) is 12.5. The van der Waals surface area contributed by atoms with Gasteiger partial charge in [0.25, 0.3) is 5.91 Å². The van der Waals surface area contributed by atoms with Crippen molar-refractivity contribution in [3.8, 4) is 27.7 Å². The fraction of sp³-hybridized carbons (Fsp3) is 0.227. The quantitative estimate of drug-likeness (QED) is 0.621. The first kappa shape index (κ1) is 18.4. The van der Waals surface area contributed by atoms with E-state index in [0.717, 1.165) is 28.4 Å². The lowest BCUT2D eigenvalue weighted by atomic mass is 10.1. The Bertz CT molecular complexity index is 982. The zero-order chi connectivity index (χ0) is 19.3. The third-order valence-electron chi connectivity index (χ3n) is 4.25. The van der Waals surface area contributed by atoms with Gasteiger partial charge in [-0.25, -0.2) is 0 Å². The summed E-state index contributed by atoms with van der Waals surface area (Å²) in [5, 5.41) is 2.95. The first-order valence-electron chi connectivity index (χ1n) is 9.27. The molecule has 0 unspecified atom stereocenters. The topological polar surface area (TPSA) is 56.8 Å². The molecule has 3 aromatic rings. The molecule has 6 heteroatoms. The van der Waals surface area contributed by atoms with Crippen LogP contribution in [0.3, 0.4) is 0 Å². The Hall–Kier alpha value is -2.99. The molecule has 1 amide bonds. The van der Waals surface area contributed by atoms with Gasteiger partial charge in [-0.05, 0) is 54.4 Å². The molecule has 144 valence electrons. The van der Waals surface area contributed by atoms with Gasteiger partial charge in [-0.2, -0.15) is 0 Å². The Morgan fingerprint density at radius 1 is 1.07 bits per heavy atom. The van der Waals surface area contributed by atoms with E-state index in [-0.39, 0.29) is 5.91 Å². The first-order chi connectivity index (χ1) is 13.7. The number of hydrogen-bond donors (Lipinski definition) is 1. The largest absolute Gasteiger partial charge is 0.491 e. The fourth-order valence-corrected chi connectivity index (χ4v) is 3.80. The van der Waals surface area contributed by atoms with E-state index in [1.165, 1.54) is 11.3 Å². The van der Waals surface area contributed by atoms with Crippen molar-refractivity contribution < 1.29 is 19.0 Å². The van der Waals surface area contributed by atoms with Gasteiger partial charge in [0.2, 0.25) is 0 Å². The van der Waals surface area contributed by atoms with Crippen LogP contribution in [0.1, 0.15) is 23.0 Å². The number of amides is 1. The highest BCUT2D eigenvalue weighted by molar-refractivity contribution is 7.17. The molecule has 0 bridgehead atoms. The van der Waals surface area contributed by atoms with Crippen LogP contribution < -0.4 is 19.5 Å². The van der Waals surface area contributed by atoms with Crippen LogP contribution in [0, 0.1) is 0 Å². The Kier molecular flexibility index (Phi) is 5.48. The number of carbonyl (C=O) groups is 1. The number of benzene rings is 2. The number of para-hydroxylation sites is 2. The SMILES string of the molecule is CCCOc1ccccc1NC(=O)c1ccc(-c2ccc3c(c2)OCCO3)s1. The summed E-state index contributed by atoms with van der Waals surface area (Å²) in [5.41, 5.74) is 1.68. The number of rotatable bonds is 6. The third kappa shape index (κ3) is 3.97. The predicted octanol–water partition coefficient (Wildman–Crippen LogP) is 5.23. The Morgan fingerprint density at radius 3 is 2.75 bits per heavy atom. The van der Waals surface area contributed by atoms with Crippen LogP contribution in [0.25, 0.3) is 10.4 Å². The van der Waals surface area contributed by atoms with Gasteiger partial charge in [0.15, 0.2) is 11.5 Å². The lowest BCUT2D eigenvalue weighted by Gasteiger charge is -2.18. The van der Waals surface area contributed by atoms with Gasteiger partial charge in [-0.1, -0.05) is 19.1 Å². The second-order valence-corrected chi connectivity index (χ2v) is 7.40. The van der Waals surface area contributed by atoms with Gasteiger partial charge in [-0.3, -0.25) is 4.79 Å². The van der Waals surface area contributed by atoms with Crippen molar-refractivity contribution in [3.63, 3.8) is 0 Å². The molecule has 1 N–H and O–H groups in total. The highest BCUT2D eigenvalue weighted by Gasteiger charge is 2.16. The number of anilines is 1. The molecule has 0 radical (unpaired) electrons. The van der Waals surface area contributed by atoms with Gasteiger partial charge < -0.3 is 19.5 Å². The number of ether oxygens (including phenoxy) is 3. The second-order valence-electron chi connectivity index (χ2n) is 6.32. The van der Waals surface area contributed by atoms with E-state index in [4.69, 9.17) is 14.2 Å². The van der Waals surface area contributed by atoms with Crippen LogP contribution in [-0.2, 0) is 0 Å². The summed E-state index contributed by atoms with van der Waals surface area (Å²) in [6.07, 6.45) is 0.909. The number of thiophene rings is 1. The maximum Gasteiger partial charge on any atom is 0.265 e. The Morgan fingerprint density at radius 2 is 1.89 bits per heavy atom. The molecule has 0 fully saturated rings. The van der Waals surface area contributed by atoms with E-state index in [1.807, 2.05) is 61.5 Å². The van der Waals surface area contributed by atoms with E-state index in [1.54, 1.807) is 0 Å². The maximum atomic E-state index is 12.7. The lowest BCUT2D eigenvalue weighted by molar-refractivity contribution is 0.103. The van der Waals surface area contributed by atoms with Crippen molar-refractivity contribution in [2.24, 2.45) is 0 Å². The molecular weight excluding hydrogens is 374 g/mol. The molecule has 1 aliphatic rings. The van der Waals surface area contributed by atoms with Crippen molar-refractivity contribution in [2.45, 2.75) is 13.3 Å². The number of nitrogens with one attached hydrogen (secondary N) is 1. The van der Waals surface area contributed by atoms with Gasteiger partial charge in [0.05, 0.1) is 17.2 Å². The molecule has 4 rings (SSSR count). The number of fused-ring (bicyclic) bond motifs is 1. The zero-order valence-electron chi connectivity index (χ0n) is 15.6. The number of carbonyl (C=O) groups excluding carboxylic acids is 1. The minimum absolute atomic E-state index is 0.152. The summed E-state index contributed by atoms with van der Waals surface area (Å²) >= 11 is 1.44. The molecule has 0 spiro atoms. The second kappa shape index (κ2) is 8.35. The highest BCUT2D eigenvalue weighted by atomic mass is 32.1. The maximum absolute atomic E-state index is 12.7. The first-order valence-corrected chi connectivity index (χ1v) is 10.1. The standard InChI is InChI=1S/C22H21NO4S/c1-2-11-25-17-6-4-3-5-16(17)23-22(24)21-10-9-20(28-21)15-7-8-18-19(14-15)27-13-12-26-18/h3-10,14H,2,11-13H2,1H3,(H,23,24). The van der Waals surface area contributed by atoms with Gasteiger partial charge >= 0.3 is 0 Å². The van der Waals surface area contributed by atoms with Gasteiger partial charge in [0, 0.05) is 4.88 Å². The van der Waals surface area contributed by atoms with E-state index in [2.05, 4.69) is 5.32 Å². The molecular formula is C22H21NO4S. The number of hydrogen-bond acceptors (Lipinski definition) is 5. The van der Waals surface area contributed by atoms with Crippen molar-refractivity contribution in [1.82, 2.24) is 0 Å². The minimum atomic E-state index is -0.152. The van der Waals surface area contributed by atoms with Crippen LogP contribution in [0.15, 0.2) is 54.6 Å². The molecule has 0 aliphatic carbocycles. The minimum Gasteiger partial charge on any atom is -0.491 e. The Labute approximate surface area is 167 Å². The molecule has 1 aliphatic heterocycles. The van der Waals surface area contributed by atoms with Crippen molar-refractivity contribution in [2.75, 3.05) is 25.1 Å². The van der Waals surface area contributed by atoms with Crippen molar-refractivity contribution >= 4 is 22.9 Å². The molecule has 2 aromatic carbocycles. The summed E-state index contributed by atoms with van der Waals surface area (Å²) in [4.78, 5) is 14.3. The average Bonchev–Trinajstić information content (AvgIpc) is 3.23. The highest BCUT2D eigenvalue weighted by Crippen LogP contribution is 2.37. The van der Waals surface area contributed by atoms with Crippen molar-refractivity contribution in [3.05, 3.63) is 59.5 Å².